The number of hydrogen-bond donors (Lipinski definition) is 2. The topological polar surface area (TPSA) is 84.7 Å². The maximum atomic E-state index is 13.6. The van der Waals surface area contributed by atoms with Crippen molar-refractivity contribution in [3.63, 3.8) is 0 Å². The molecule has 3 aromatic rings. The van der Waals surface area contributed by atoms with Gasteiger partial charge in [0, 0.05) is 30.9 Å². The van der Waals surface area contributed by atoms with E-state index < -0.39 is 11.6 Å². The molecule has 0 fully saturated rings. The Morgan fingerprint density at radius 3 is 2.64 bits per heavy atom. The second kappa shape index (κ2) is 8.55. The van der Waals surface area contributed by atoms with Gasteiger partial charge in [-0.3, -0.25) is 4.79 Å². The van der Waals surface area contributed by atoms with E-state index in [2.05, 4.69) is 25.7 Å². The van der Waals surface area contributed by atoms with E-state index in [1.165, 1.54) is 12.4 Å². The van der Waals surface area contributed by atoms with Crippen LogP contribution in [0.3, 0.4) is 0 Å². The van der Waals surface area contributed by atoms with Gasteiger partial charge in [-0.05, 0) is 31.5 Å². The lowest BCUT2D eigenvalue weighted by atomic mass is 10.1. The van der Waals surface area contributed by atoms with Crippen LogP contribution in [-0.2, 0) is 11.2 Å². The lowest BCUT2D eigenvalue weighted by Gasteiger charge is -2.09. The number of aryl methyl sites for hydroxylation is 2. The zero-order chi connectivity index (χ0) is 20.1. The summed E-state index contributed by atoms with van der Waals surface area (Å²) in [5, 5.41) is 10.1. The van der Waals surface area contributed by atoms with E-state index in [-0.39, 0.29) is 17.9 Å². The van der Waals surface area contributed by atoms with Crippen molar-refractivity contribution in [1.29, 1.82) is 0 Å². The van der Waals surface area contributed by atoms with E-state index in [1.54, 1.807) is 10.7 Å². The largest absolute Gasteiger partial charge is 0.368 e. The Labute approximate surface area is 160 Å². The zero-order valence-corrected chi connectivity index (χ0v) is 15.5. The van der Waals surface area contributed by atoms with Crippen molar-refractivity contribution in [3.8, 4) is 5.82 Å². The number of benzene rings is 1. The normalized spacial score (nSPS) is 10.7. The molecule has 0 aliphatic carbocycles. The summed E-state index contributed by atoms with van der Waals surface area (Å²) in [4.78, 5) is 20.3. The van der Waals surface area contributed by atoms with Gasteiger partial charge in [0.1, 0.15) is 23.8 Å². The third-order valence-electron chi connectivity index (χ3n) is 4.00. The lowest BCUT2D eigenvalue weighted by molar-refractivity contribution is -0.120. The van der Waals surface area contributed by atoms with Crippen LogP contribution in [0.5, 0.6) is 0 Å². The molecule has 0 unspecified atom stereocenters. The number of nitrogens with zero attached hydrogens (tertiary/aromatic N) is 4. The molecule has 7 nitrogen and oxygen atoms in total. The Balaban J connectivity index is 1.49. The summed E-state index contributed by atoms with van der Waals surface area (Å²) in [6, 6.07) is 6.87. The van der Waals surface area contributed by atoms with Gasteiger partial charge >= 0.3 is 0 Å². The molecule has 0 radical (unpaired) electrons. The van der Waals surface area contributed by atoms with Crippen LogP contribution in [0.4, 0.5) is 14.6 Å². The summed E-state index contributed by atoms with van der Waals surface area (Å²) in [6.45, 7) is 4.59. The molecule has 2 N–H and O–H groups in total. The number of rotatable bonds is 7. The van der Waals surface area contributed by atoms with Crippen LogP contribution in [-0.4, -0.2) is 38.7 Å². The van der Waals surface area contributed by atoms with E-state index in [4.69, 9.17) is 0 Å². The molecule has 3 rings (SSSR count). The number of carbonyl (C=O) groups is 1. The molecule has 28 heavy (non-hydrogen) atoms. The van der Waals surface area contributed by atoms with E-state index >= 15 is 0 Å². The average Bonchev–Trinajstić information content (AvgIpc) is 3.00. The summed E-state index contributed by atoms with van der Waals surface area (Å²) in [5.74, 6) is -0.518. The summed E-state index contributed by atoms with van der Waals surface area (Å²) < 4.78 is 28.2. The maximum absolute atomic E-state index is 13.6. The van der Waals surface area contributed by atoms with Crippen LogP contribution in [0.1, 0.15) is 17.0 Å². The number of aromatic nitrogens is 4. The molecule has 0 saturated heterocycles. The number of halogens is 2. The molecule has 2 aromatic heterocycles. The SMILES string of the molecule is Cc1cc(C)n(-c2cc(NCCNC(=O)Cc3ccc(F)cc3F)ncn2)n1. The van der Waals surface area contributed by atoms with Crippen molar-refractivity contribution in [2.75, 3.05) is 18.4 Å². The van der Waals surface area contributed by atoms with Crippen LogP contribution in [0, 0.1) is 25.5 Å². The minimum absolute atomic E-state index is 0.150. The van der Waals surface area contributed by atoms with Crippen LogP contribution < -0.4 is 10.6 Å². The van der Waals surface area contributed by atoms with Gasteiger partial charge in [-0.1, -0.05) is 6.07 Å². The molecule has 0 saturated carbocycles. The monoisotopic (exact) mass is 386 g/mol. The van der Waals surface area contributed by atoms with Gasteiger partial charge in [-0.25, -0.2) is 23.4 Å². The predicted molar refractivity (Wildman–Crippen MR) is 100 cm³/mol. The molecule has 0 aliphatic heterocycles. The average molecular weight is 386 g/mol. The van der Waals surface area contributed by atoms with E-state index in [0.29, 0.717) is 24.7 Å². The molecule has 146 valence electrons. The predicted octanol–water partition coefficient (Wildman–Crippen LogP) is 2.33. The van der Waals surface area contributed by atoms with Crippen molar-refractivity contribution in [1.82, 2.24) is 25.1 Å². The molecule has 0 spiro atoms. The van der Waals surface area contributed by atoms with Gasteiger partial charge in [0.15, 0.2) is 5.82 Å². The number of anilines is 1. The fraction of sp³-hybridized carbons (Fsp3) is 0.263. The summed E-state index contributed by atoms with van der Waals surface area (Å²) >= 11 is 0. The van der Waals surface area contributed by atoms with Crippen molar-refractivity contribution < 1.29 is 13.6 Å². The van der Waals surface area contributed by atoms with Crippen LogP contribution in [0.2, 0.25) is 0 Å². The van der Waals surface area contributed by atoms with Gasteiger partial charge in [0.05, 0.1) is 12.1 Å². The van der Waals surface area contributed by atoms with Gasteiger partial charge in [0.2, 0.25) is 5.91 Å². The van der Waals surface area contributed by atoms with E-state index in [1.807, 2.05) is 19.9 Å². The first kappa shape index (κ1) is 19.4. The first-order chi connectivity index (χ1) is 13.4. The molecule has 0 aliphatic rings. The molecule has 1 aromatic carbocycles. The number of carbonyl (C=O) groups excluding carboxylic acids is 1. The van der Waals surface area contributed by atoms with Crippen LogP contribution >= 0.6 is 0 Å². The van der Waals surface area contributed by atoms with Gasteiger partial charge < -0.3 is 10.6 Å². The van der Waals surface area contributed by atoms with E-state index in [9.17, 15) is 13.6 Å². The molecule has 9 heteroatoms. The number of nitrogens with one attached hydrogen (secondary N) is 2. The fourth-order valence-electron chi connectivity index (χ4n) is 2.71. The first-order valence-electron chi connectivity index (χ1n) is 8.72. The van der Waals surface area contributed by atoms with Gasteiger partial charge in [-0.15, -0.1) is 0 Å². The molecular weight excluding hydrogens is 366 g/mol. The highest BCUT2D eigenvalue weighted by atomic mass is 19.1. The fourth-order valence-corrected chi connectivity index (χ4v) is 2.71. The molecule has 2 heterocycles. The van der Waals surface area contributed by atoms with Crippen molar-refractivity contribution in [2.24, 2.45) is 0 Å². The van der Waals surface area contributed by atoms with Gasteiger partial charge in [0.25, 0.3) is 0 Å². The highest BCUT2D eigenvalue weighted by molar-refractivity contribution is 5.78. The minimum atomic E-state index is -0.731. The molecule has 0 atom stereocenters. The number of amides is 1. The molecular formula is C19H20F2N6O. The maximum Gasteiger partial charge on any atom is 0.224 e. The Hall–Kier alpha value is -3.36. The van der Waals surface area contributed by atoms with Crippen molar-refractivity contribution >= 4 is 11.7 Å². The molecule has 0 bridgehead atoms. The zero-order valence-electron chi connectivity index (χ0n) is 15.5. The summed E-state index contributed by atoms with van der Waals surface area (Å²) in [6.07, 6.45) is 1.28. The Kier molecular flexibility index (Phi) is 5.93. The van der Waals surface area contributed by atoms with Gasteiger partial charge in [-0.2, -0.15) is 5.10 Å². The first-order valence-corrected chi connectivity index (χ1v) is 8.72. The standard InChI is InChI=1S/C19H20F2N6O/c1-12-7-13(2)27(26-12)18-10-17(24-11-25-18)22-5-6-23-19(28)8-14-3-4-15(20)9-16(14)21/h3-4,7,9-11H,5-6,8H2,1-2H3,(H,23,28)(H,22,24,25). The third-order valence-corrected chi connectivity index (χ3v) is 4.00. The van der Waals surface area contributed by atoms with Crippen LogP contribution in [0.25, 0.3) is 5.82 Å². The minimum Gasteiger partial charge on any atom is -0.368 e. The van der Waals surface area contributed by atoms with Crippen LogP contribution in [0.15, 0.2) is 36.7 Å². The van der Waals surface area contributed by atoms with Crippen molar-refractivity contribution in [2.45, 2.75) is 20.3 Å². The lowest BCUT2D eigenvalue weighted by Crippen LogP contribution is -2.30. The smallest absolute Gasteiger partial charge is 0.224 e. The Bertz CT molecular complexity index is 988. The van der Waals surface area contributed by atoms with Crippen molar-refractivity contribution in [3.05, 3.63) is 65.2 Å². The third kappa shape index (κ3) is 4.87. The second-order valence-corrected chi connectivity index (χ2v) is 6.29. The highest BCUT2D eigenvalue weighted by Crippen LogP contribution is 2.12. The van der Waals surface area contributed by atoms with E-state index in [0.717, 1.165) is 23.5 Å². The summed E-state index contributed by atoms with van der Waals surface area (Å²) in [7, 11) is 0. The second-order valence-electron chi connectivity index (χ2n) is 6.29. The highest BCUT2D eigenvalue weighted by Gasteiger charge is 2.09. The Morgan fingerprint density at radius 2 is 1.93 bits per heavy atom. The Morgan fingerprint density at radius 1 is 1.11 bits per heavy atom. The molecule has 1 amide bonds. The quantitative estimate of drug-likeness (QED) is 0.609. The summed E-state index contributed by atoms with van der Waals surface area (Å²) in [5.41, 5.74) is 2.01. The number of hydrogen-bond acceptors (Lipinski definition) is 5.